The number of pyridine rings is 1. The summed E-state index contributed by atoms with van der Waals surface area (Å²) in [6.07, 6.45) is 5.16. The molecule has 1 saturated heterocycles. The largest absolute Gasteiger partial charge is 0.449 e. The van der Waals surface area contributed by atoms with Crippen molar-refractivity contribution in [3.05, 3.63) is 30.1 Å². The molecular formula is C11H14N2O2. The molecule has 1 aliphatic heterocycles. The van der Waals surface area contributed by atoms with Crippen LogP contribution in [-0.4, -0.2) is 35.7 Å². The van der Waals surface area contributed by atoms with E-state index in [-0.39, 0.29) is 6.09 Å². The number of carbonyl (C=O) groups is 1. The van der Waals surface area contributed by atoms with E-state index in [9.17, 15) is 4.79 Å². The normalized spacial score (nSPS) is 14.5. The van der Waals surface area contributed by atoms with Gasteiger partial charge >= 0.3 is 6.09 Å². The van der Waals surface area contributed by atoms with E-state index in [0.717, 1.165) is 31.5 Å². The molecule has 0 N–H and O–H groups in total. The van der Waals surface area contributed by atoms with Gasteiger partial charge in [0.15, 0.2) is 0 Å². The van der Waals surface area contributed by atoms with Crippen LogP contribution in [0.1, 0.15) is 12.0 Å². The second-order valence-corrected chi connectivity index (χ2v) is 3.57. The molecule has 0 aromatic carbocycles. The Labute approximate surface area is 88.9 Å². The molecule has 1 aromatic heterocycles. The number of hydrogen-bond donors (Lipinski definition) is 0. The van der Waals surface area contributed by atoms with E-state index in [4.69, 9.17) is 4.74 Å². The van der Waals surface area contributed by atoms with Gasteiger partial charge in [-0.05, 0) is 18.1 Å². The topological polar surface area (TPSA) is 42.4 Å². The Morgan fingerprint density at radius 3 is 3.00 bits per heavy atom. The van der Waals surface area contributed by atoms with Crippen molar-refractivity contribution in [3.8, 4) is 0 Å². The number of likely N-dealkylation sites (tertiary alicyclic amines) is 1. The lowest BCUT2D eigenvalue weighted by Crippen LogP contribution is -2.42. The maximum absolute atomic E-state index is 11.3. The minimum atomic E-state index is -0.190. The number of ether oxygens (including phenoxy) is 1. The molecule has 2 heterocycles. The lowest BCUT2D eigenvalue weighted by Gasteiger charge is -2.29. The van der Waals surface area contributed by atoms with Crippen molar-refractivity contribution in [1.82, 2.24) is 9.88 Å². The molecule has 4 heteroatoms. The Balaban J connectivity index is 1.68. The fraction of sp³-hybridized carbons (Fsp3) is 0.455. The highest BCUT2D eigenvalue weighted by Crippen LogP contribution is 2.07. The molecule has 0 aliphatic carbocycles. The van der Waals surface area contributed by atoms with Gasteiger partial charge < -0.3 is 9.64 Å². The van der Waals surface area contributed by atoms with Gasteiger partial charge in [-0.1, -0.05) is 6.07 Å². The van der Waals surface area contributed by atoms with Crippen LogP contribution in [0.3, 0.4) is 0 Å². The second kappa shape index (κ2) is 4.77. The molecule has 0 unspecified atom stereocenters. The first-order chi connectivity index (χ1) is 7.36. The Morgan fingerprint density at radius 2 is 2.40 bits per heavy atom. The minimum Gasteiger partial charge on any atom is -0.449 e. The summed E-state index contributed by atoms with van der Waals surface area (Å²) in [7, 11) is 0. The van der Waals surface area contributed by atoms with Crippen molar-refractivity contribution in [3.63, 3.8) is 0 Å². The molecular weight excluding hydrogens is 192 g/mol. The predicted molar refractivity (Wildman–Crippen MR) is 55.5 cm³/mol. The maximum atomic E-state index is 11.3. The fourth-order valence-corrected chi connectivity index (χ4v) is 1.39. The van der Waals surface area contributed by atoms with Gasteiger partial charge in [0.2, 0.25) is 0 Å². The van der Waals surface area contributed by atoms with Gasteiger partial charge in [-0.3, -0.25) is 4.98 Å². The van der Waals surface area contributed by atoms with Crippen LogP contribution in [0.15, 0.2) is 24.5 Å². The van der Waals surface area contributed by atoms with Crippen molar-refractivity contribution in [2.75, 3.05) is 19.7 Å². The monoisotopic (exact) mass is 206 g/mol. The van der Waals surface area contributed by atoms with Crippen LogP contribution in [0.5, 0.6) is 0 Å². The van der Waals surface area contributed by atoms with Crippen LogP contribution in [0.2, 0.25) is 0 Å². The number of carbonyl (C=O) groups excluding carboxylic acids is 1. The zero-order valence-electron chi connectivity index (χ0n) is 8.56. The molecule has 80 valence electrons. The zero-order valence-corrected chi connectivity index (χ0v) is 8.56. The van der Waals surface area contributed by atoms with E-state index in [1.807, 2.05) is 12.1 Å². The zero-order chi connectivity index (χ0) is 10.5. The number of aromatic nitrogens is 1. The summed E-state index contributed by atoms with van der Waals surface area (Å²) in [6.45, 7) is 2.11. The van der Waals surface area contributed by atoms with Crippen LogP contribution in [-0.2, 0) is 11.2 Å². The molecule has 1 aliphatic rings. The molecule has 1 aromatic rings. The summed E-state index contributed by atoms with van der Waals surface area (Å²) < 4.78 is 5.11. The van der Waals surface area contributed by atoms with Gasteiger partial charge in [0.25, 0.3) is 0 Å². The van der Waals surface area contributed by atoms with Crippen molar-refractivity contribution in [2.24, 2.45) is 0 Å². The number of nitrogens with zero attached hydrogens (tertiary/aromatic N) is 2. The van der Waals surface area contributed by atoms with E-state index in [1.54, 1.807) is 17.3 Å². The third-order valence-corrected chi connectivity index (χ3v) is 2.45. The SMILES string of the molecule is O=C(OCCc1cccnc1)N1CCC1. The van der Waals surface area contributed by atoms with Crippen LogP contribution in [0.4, 0.5) is 4.79 Å². The first-order valence-corrected chi connectivity index (χ1v) is 5.17. The summed E-state index contributed by atoms with van der Waals surface area (Å²) >= 11 is 0. The predicted octanol–water partition coefficient (Wildman–Crippen LogP) is 1.47. The van der Waals surface area contributed by atoms with Gasteiger partial charge in [-0.2, -0.15) is 0 Å². The molecule has 1 amide bonds. The van der Waals surface area contributed by atoms with Crippen LogP contribution in [0.25, 0.3) is 0 Å². The average Bonchev–Trinajstić information content (AvgIpc) is 2.16. The fourth-order valence-electron chi connectivity index (χ4n) is 1.39. The van der Waals surface area contributed by atoms with Gasteiger partial charge in [0.1, 0.15) is 0 Å². The average molecular weight is 206 g/mol. The van der Waals surface area contributed by atoms with Crippen LogP contribution >= 0.6 is 0 Å². The standard InChI is InChI=1S/C11H14N2O2/c14-11(13-6-2-7-13)15-8-4-10-3-1-5-12-9-10/h1,3,5,9H,2,4,6-8H2. The third-order valence-electron chi connectivity index (χ3n) is 2.45. The summed E-state index contributed by atoms with van der Waals surface area (Å²) in [6, 6.07) is 3.86. The molecule has 0 saturated carbocycles. The lowest BCUT2D eigenvalue weighted by molar-refractivity contribution is 0.0817. The highest BCUT2D eigenvalue weighted by Gasteiger charge is 2.20. The lowest BCUT2D eigenvalue weighted by atomic mass is 10.2. The first kappa shape index (κ1) is 9.96. The van der Waals surface area contributed by atoms with Crippen molar-refractivity contribution >= 4 is 6.09 Å². The van der Waals surface area contributed by atoms with Crippen LogP contribution < -0.4 is 0 Å². The molecule has 4 nitrogen and oxygen atoms in total. The van der Waals surface area contributed by atoms with E-state index >= 15 is 0 Å². The maximum Gasteiger partial charge on any atom is 0.409 e. The Morgan fingerprint density at radius 1 is 1.53 bits per heavy atom. The van der Waals surface area contributed by atoms with Gasteiger partial charge in [0, 0.05) is 31.9 Å². The van der Waals surface area contributed by atoms with E-state index in [1.165, 1.54) is 0 Å². The highest BCUT2D eigenvalue weighted by molar-refractivity contribution is 5.68. The van der Waals surface area contributed by atoms with Crippen LogP contribution in [0, 0.1) is 0 Å². The Bertz CT molecular complexity index is 323. The number of hydrogen-bond acceptors (Lipinski definition) is 3. The quantitative estimate of drug-likeness (QED) is 0.752. The van der Waals surface area contributed by atoms with E-state index in [2.05, 4.69) is 4.98 Å². The highest BCUT2D eigenvalue weighted by atomic mass is 16.6. The molecule has 1 fully saturated rings. The Hall–Kier alpha value is -1.58. The smallest absolute Gasteiger partial charge is 0.409 e. The van der Waals surface area contributed by atoms with Crippen molar-refractivity contribution < 1.29 is 9.53 Å². The summed E-state index contributed by atoms with van der Waals surface area (Å²) in [5, 5.41) is 0. The Kier molecular flexibility index (Phi) is 3.17. The number of amides is 1. The van der Waals surface area contributed by atoms with E-state index in [0.29, 0.717) is 6.61 Å². The number of rotatable bonds is 3. The van der Waals surface area contributed by atoms with Crippen molar-refractivity contribution in [1.29, 1.82) is 0 Å². The summed E-state index contributed by atoms with van der Waals surface area (Å²) in [4.78, 5) is 17.0. The molecule has 15 heavy (non-hydrogen) atoms. The van der Waals surface area contributed by atoms with Gasteiger partial charge in [-0.15, -0.1) is 0 Å². The second-order valence-electron chi connectivity index (χ2n) is 3.57. The third kappa shape index (κ3) is 2.68. The molecule has 2 rings (SSSR count). The first-order valence-electron chi connectivity index (χ1n) is 5.17. The summed E-state index contributed by atoms with van der Waals surface area (Å²) in [5.41, 5.74) is 1.09. The minimum absolute atomic E-state index is 0.190. The van der Waals surface area contributed by atoms with Gasteiger partial charge in [-0.25, -0.2) is 4.79 Å². The summed E-state index contributed by atoms with van der Waals surface area (Å²) in [5.74, 6) is 0. The van der Waals surface area contributed by atoms with Crippen molar-refractivity contribution in [2.45, 2.75) is 12.8 Å². The van der Waals surface area contributed by atoms with Gasteiger partial charge in [0.05, 0.1) is 6.61 Å². The molecule has 0 spiro atoms. The molecule has 0 atom stereocenters. The van der Waals surface area contributed by atoms with E-state index < -0.39 is 0 Å². The molecule has 0 radical (unpaired) electrons. The molecule has 0 bridgehead atoms.